The summed E-state index contributed by atoms with van der Waals surface area (Å²) in [4.78, 5) is 2.45. The summed E-state index contributed by atoms with van der Waals surface area (Å²) in [6.45, 7) is 4.71. The number of hydrogen-bond donors (Lipinski definition) is 0. The fourth-order valence-corrected chi connectivity index (χ4v) is 8.56. The molecule has 1 unspecified atom stereocenters. The number of nitrogens with zero attached hydrogens (tertiary/aromatic N) is 1. The number of allylic oxidation sites excluding steroid dienone is 4. The van der Waals surface area contributed by atoms with E-state index in [1.54, 1.807) is 0 Å². The third-order valence-electron chi connectivity index (χ3n) is 11.2. The van der Waals surface area contributed by atoms with Crippen LogP contribution >= 0.6 is 0 Å². The Morgan fingerprint density at radius 1 is 0.608 bits per heavy atom. The highest BCUT2D eigenvalue weighted by Gasteiger charge is 2.36. The number of hydrogen-bond acceptors (Lipinski definition) is 2. The minimum Gasteiger partial charge on any atom is -0.455 e. The number of benzene rings is 7. The molecule has 10 rings (SSSR count). The molecule has 0 saturated heterocycles. The summed E-state index contributed by atoms with van der Waals surface area (Å²) in [7, 11) is 0. The molecule has 244 valence electrons. The molecule has 7 aromatic carbocycles. The molecule has 0 aliphatic heterocycles. The fourth-order valence-electron chi connectivity index (χ4n) is 8.56. The topological polar surface area (TPSA) is 16.4 Å². The largest absolute Gasteiger partial charge is 0.455 e. The number of furan rings is 1. The molecule has 51 heavy (non-hydrogen) atoms. The average Bonchev–Trinajstić information content (AvgIpc) is 3.67. The van der Waals surface area contributed by atoms with Crippen LogP contribution in [0.25, 0.3) is 55.0 Å². The van der Waals surface area contributed by atoms with Gasteiger partial charge in [-0.25, -0.2) is 0 Å². The first-order valence-electron chi connectivity index (χ1n) is 18.0. The minimum absolute atomic E-state index is 0.115. The van der Waals surface area contributed by atoms with Crippen LogP contribution in [-0.4, -0.2) is 0 Å². The quantitative estimate of drug-likeness (QED) is 0.183. The average molecular weight is 656 g/mol. The van der Waals surface area contributed by atoms with E-state index in [0.29, 0.717) is 5.92 Å². The Bertz CT molecular complexity index is 2710. The van der Waals surface area contributed by atoms with Gasteiger partial charge >= 0.3 is 0 Å². The van der Waals surface area contributed by atoms with Crippen molar-refractivity contribution in [1.82, 2.24) is 0 Å². The number of anilines is 3. The highest BCUT2D eigenvalue weighted by atomic mass is 16.3. The standard InChI is InChI=1S/C49H37NO/c1-49(2)43-21-10-9-20-39(43)40-27-25-38(31-44(40)49)50(37-19-11-18-35(29-37)32-13-5-3-6-14-32)45-22-12-17-34-23-26-41-42-30-36(33-15-7-4-8-16-33)24-28-46(42)51-48(41)47(34)45/h3-13,15-32H,14H2,1-2H3. The fraction of sp³-hybridized carbons (Fsp3) is 0.102. The van der Waals surface area contributed by atoms with Gasteiger partial charge in [0, 0.05) is 38.9 Å². The van der Waals surface area contributed by atoms with Crippen LogP contribution in [-0.2, 0) is 5.41 Å². The van der Waals surface area contributed by atoms with Gasteiger partial charge in [-0.3, -0.25) is 0 Å². The van der Waals surface area contributed by atoms with Crippen molar-refractivity contribution < 1.29 is 4.42 Å². The van der Waals surface area contributed by atoms with E-state index in [1.165, 1.54) is 38.9 Å². The molecule has 2 aliphatic carbocycles. The van der Waals surface area contributed by atoms with Gasteiger partial charge in [-0.2, -0.15) is 0 Å². The third-order valence-corrected chi connectivity index (χ3v) is 11.2. The van der Waals surface area contributed by atoms with E-state index in [-0.39, 0.29) is 5.41 Å². The van der Waals surface area contributed by atoms with E-state index >= 15 is 0 Å². The van der Waals surface area contributed by atoms with Crippen LogP contribution in [0.5, 0.6) is 0 Å². The SMILES string of the molecule is CC1(C)c2ccccc2-c2ccc(N(c3cccc(C4C=CC=CC4)c3)c3cccc4ccc5c6cc(-c7ccccc7)ccc6oc5c34)cc21. The second-order valence-corrected chi connectivity index (χ2v) is 14.5. The molecular formula is C49H37NO. The van der Waals surface area contributed by atoms with E-state index in [0.717, 1.165) is 56.2 Å². The Kier molecular flexibility index (Phi) is 6.69. The van der Waals surface area contributed by atoms with Gasteiger partial charge in [0.1, 0.15) is 11.2 Å². The van der Waals surface area contributed by atoms with Crippen molar-refractivity contribution in [2.45, 2.75) is 31.6 Å². The number of fused-ring (bicyclic) bond motifs is 8. The van der Waals surface area contributed by atoms with Crippen LogP contribution in [0.3, 0.4) is 0 Å². The van der Waals surface area contributed by atoms with Crippen molar-refractivity contribution in [2.24, 2.45) is 0 Å². The highest BCUT2D eigenvalue weighted by Crippen LogP contribution is 2.51. The van der Waals surface area contributed by atoms with Gasteiger partial charge in [-0.1, -0.05) is 135 Å². The molecule has 1 heterocycles. The summed E-state index contributed by atoms with van der Waals surface area (Å²) in [6.07, 6.45) is 9.91. The van der Waals surface area contributed by atoms with E-state index in [1.807, 2.05) is 0 Å². The summed E-state index contributed by atoms with van der Waals surface area (Å²) in [5.41, 5.74) is 14.2. The molecule has 1 atom stereocenters. The van der Waals surface area contributed by atoms with Gasteiger partial charge in [0.25, 0.3) is 0 Å². The molecule has 2 nitrogen and oxygen atoms in total. The van der Waals surface area contributed by atoms with Crippen LogP contribution in [0.2, 0.25) is 0 Å². The minimum atomic E-state index is -0.115. The summed E-state index contributed by atoms with van der Waals surface area (Å²) in [5, 5.41) is 4.52. The van der Waals surface area contributed by atoms with Crippen LogP contribution in [0.15, 0.2) is 174 Å². The first-order chi connectivity index (χ1) is 25.0. The predicted molar refractivity (Wildman–Crippen MR) is 215 cm³/mol. The van der Waals surface area contributed by atoms with E-state index in [9.17, 15) is 0 Å². The van der Waals surface area contributed by atoms with Crippen LogP contribution < -0.4 is 4.90 Å². The lowest BCUT2D eigenvalue weighted by Crippen LogP contribution is -2.16. The maximum Gasteiger partial charge on any atom is 0.145 e. The molecule has 0 radical (unpaired) electrons. The first-order valence-corrected chi connectivity index (χ1v) is 18.0. The maximum absolute atomic E-state index is 6.84. The lowest BCUT2D eigenvalue weighted by Gasteiger charge is -2.29. The molecule has 0 spiro atoms. The number of rotatable bonds is 5. The Balaban J connectivity index is 1.22. The molecule has 1 aromatic heterocycles. The molecule has 2 aliphatic rings. The van der Waals surface area contributed by atoms with Gasteiger partial charge in [-0.05, 0) is 99.3 Å². The molecule has 8 aromatic rings. The zero-order chi connectivity index (χ0) is 34.1. The zero-order valence-electron chi connectivity index (χ0n) is 28.8. The summed E-state index contributed by atoms with van der Waals surface area (Å²) in [6, 6.07) is 53.3. The van der Waals surface area contributed by atoms with E-state index < -0.39 is 0 Å². The second kappa shape index (κ2) is 11.5. The van der Waals surface area contributed by atoms with Gasteiger partial charge in [0.15, 0.2) is 0 Å². The molecule has 0 amide bonds. The first kappa shape index (κ1) is 29.8. The van der Waals surface area contributed by atoms with Crippen molar-refractivity contribution in [3.05, 3.63) is 187 Å². The van der Waals surface area contributed by atoms with Crippen molar-refractivity contribution in [3.8, 4) is 22.3 Å². The molecule has 0 bridgehead atoms. The molecule has 0 fully saturated rings. The summed E-state index contributed by atoms with van der Waals surface area (Å²) >= 11 is 0. The lowest BCUT2D eigenvalue weighted by atomic mass is 9.82. The van der Waals surface area contributed by atoms with Crippen LogP contribution in [0, 0.1) is 0 Å². The molecule has 0 saturated carbocycles. The molecule has 2 heteroatoms. The van der Waals surface area contributed by atoms with Crippen molar-refractivity contribution >= 4 is 49.8 Å². The van der Waals surface area contributed by atoms with Crippen molar-refractivity contribution in [3.63, 3.8) is 0 Å². The monoisotopic (exact) mass is 655 g/mol. The Morgan fingerprint density at radius 3 is 2.31 bits per heavy atom. The molecule has 0 N–H and O–H groups in total. The Morgan fingerprint density at radius 2 is 1.43 bits per heavy atom. The van der Waals surface area contributed by atoms with Crippen LogP contribution in [0.4, 0.5) is 17.1 Å². The summed E-state index contributed by atoms with van der Waals surface area (Å²) < 4.78 is 6.84. The predicted octanol–water partition coefficient (Wildman–Crippen LogP) is 13.8. The zero-order valence-corrected chi connectivity index (χ0v) is 28.8. The van der Waals surface area contributed by atoms with E-state index in [4.69, 9.17) is 4.42 Å². The smallest absolute Gasteiger partial charge is 0.145 e. The van der Waals surface area contributed by atoms with Gasteiger partial charge in [0.05, 0.1) is 5.69 Å². The maximum atomic E-state index is 6.84. The van der Waals surface area contributed by atoms with Crippen molar-refractivity contribution in [2.75, 3.05) is 4.90 Å². The van der Waals surface area contributed by atoms with Gasteiger partial charge in [-0.15, -0.1) is 0 Å². The molecular weight excluding hydrogens is 619 g/mol. The van der Waals surface area contributed by atoms with Crippen molar-refractivity contribution in [1.29, 1.82) is 0 Å². The van der Waals surface area contributed by atoms with Gasteiger partial charge in [0.2, 0.25) is 0 Å². The normalized spacial score (nSPS) is 15.8. The Labute approximate surface area is 298 Å². The highest BCUT2D eigenvalue weighted by molar-refractivity contribution is 6.20. The lowest BCUT2D eigenvalue weighted by molar-refractivity contribution is 0.660. The summed E-state index contributed by atoms with van der Waals surface area (Å²) in [5.74, 6) is 0.346. The van der Waals surface area contributed by atoms with Gasteiger partial charge < -0.3 is 9.32 Å². The van der Waals surface area contributed by atoms with Crippen LogP contribution in [0.1, 0.15) is 42.9 Å². The second-order valence-electron chi connectivity index (χ2n) is 14.5. The van der Waals surface area contributed by atoms with E-state index in [2.05, 4.69) is 189 Å². The third kappa shape index (κ3) is 4.71. The Hall–Kier alpha value is -6.12.